The molecule has 172 valence electrons. The molecule has 3 aromatic rings. The van der Waals surface area contributed by atoms with Crippen LogP contribution < -0.4 is 0 Å². The number of aromatic amines is 1. The number of ether oxygens (including phenoxy) is 1. The van der Waals surface area contributed by atoms with E-state index in [1.807, 2.05) is 6.92 Å². The number of fused-ring (bicyclic) bond motifs is 1. The average Bonchev–Trinajstić information content (AvgIpc) is 3.34. The zero-order valence-corrected chi connectivity index (χ0v) is 17.8. The Bertz CT molecular complexity index is 1200. The number of hydrogen-bond acceptors (Lipinski definition) is 4. The molecule has 1 saturated heterocycles. The molecular formula is C24H22F3N3O3. The first-order valence-corrected chi connectivity index (χ1v) is 10.7. The van der Waals surface area contributed by atoms with Crippen molar-refractivity contribution in [3.8, 4) is 17.0 Å². The van der Waals surface area contributed by atoms with Crippen LogP contribution in [0.3, 0.4) is 0 Å². The normalized spacial score (nSPS) is 19.2. The average molecular weight is 457 g/mol. The van der Waals surface area contributed by atoms with Crippen molar-refractivity contribution in [2.24, 2.45) is 0 Å². The molecule has 1 unspecified atom stereocenters. The van der Waals surface area contributed by atoms with E-state index in [1.54, 1.807) is 23.1 Å². The van der Waals surface area contributed by atoms with Crippen molar-refractivity contribution >= 4 is 5.91 Å². The van der Waals surface area contributed by atoms with E-state index >= 15 is 0 Å². The number of aryl methyl sites for hydroxylation is 1. The van der Waals surface area contributed by atoms with Gasteiger partial charge in [-0.1, -0.05) is 23.8 Å². The van der Waals surface area contributed by atoms with Gasteiger partial charge in [-0.15, -0.1) is 0 Å². The number of hydrogen-bond donors (Lipinski definition) is 2. The van der Waals surface area contributed by atoms with Crippen molar-refractivity contribution in [2.45, 2.75) is 38.0 Å². The second-order valence-electron chi connectivity index (χ2n) is 8.46. The van der Waals surface area contributed by atoms with E-state index in [4.69, 9.17) is 4.74 Å². The number of nitrogens with zero attached hydrogens (tertiary/aromatic N) is 2. The van der Waals surface area contributed by atoms with Crippen LogP contribution in [-0.2, 0) is 10.9 Å². The molecule has 0 saturated carbocycles. The molecule has 0 aliphatic carbocycles. The van der Waals surface area contributed by atoms with Crippen LogP contribution in [0.5, 0.6) is 5.75 Å². The summed E-state index contributed by atoms with van der Waals surface area (Å²) in [4.78, 5) is 15.2. The van der Waals surface area contributed by atoms with Gasteiger partial charge >= 0.3 is 6.18 Å². The predicted octanol–water partition coefficient (Wildman–Crippen LogP) is 4.83. The van der Waals surface area contributed by atoms with Crippen molar-refractivity contribution in [1.29, 1.82) is 0 Å². The monoisotopic (exact) mass is 457 g/mol. The molecule has 1 atom stereocenters. The Morgan fingerprint density at radius 3 is 2.48 bits per heavy atom. The Labute approximate surface area is 188 Å². The Morgan fingerprint density at radius 1 is 1.12 bits per heavy atom. The van der Waals surface area contributed by atoms with Gasteiger partial charge in [0.25, 0.3) is 5.91 Å². The number of rotatable bonds is 3. The largest absolute Gasteiger partial charge is 0.507 e. The summed E-state index contributed by atoms with van der Waals surface area (Å²) >= 11 is 0. The Morgan fingerprint density at radius 2 is 1.82 bits per heavy atom. The van der Waals surface area contributed by atoms with Crippen molar-refractivity contribution < 1.29 is 27.8 Å². The first-order valence-electron chi connectivity index (χ1n) is 10.7. The van der Waals surface area contributed by atoms with Crippen LogP contribution >= 0.6 is 0 Å². The lowest BCUT2D eigenvalue weighted by molar-refractivity contribution is -0.137. The maximum Gasteiger partial charge on any atom is 0.416 e. The van der Waals surface area contributed by atoms with Crippen LogP contribution in [0, 0.1) is 6.92 Å². The van der Waals surface area contributed by atoms with Gasteiger partial charge in [0.2, 0.25) is 0 Å². The number of halogens is 3. The molecule has 5 rings (SSSR count). The third-order valence-electron chi connectivity index (χ3n) is 6.35. The quantitative estimate of drug-likeness (QED) is 0.590. The molecule has 6 nitrogen and oxygen atoms in total. The minimum atomic E-state index is -4.45. The minimum Gasteiger partial charge on any atom is -0.507 e. The van der Waals surface area contributed by atoms with E-state index in [1.165, 1.54) is 12.1 Å². The summed E-state index contributed by atoms with van der Waals surface area (Å²) < 4.78 is 44.9. The molecule has 2 aliphatic heterocycles. The summed E-state index contributed by atoms with van der Waals surface area (Å²) in [5.41, 5.74) is 2.43. The summed E-state index contributed by atoms with van der Waals surface area (Å²) in [6, 6.07) is 9.23. The topological polar surface area (TPSA) is 78.5 Å². The highest BCUT2D eigenvalue weighted by atomic mass is 19.4. The van der Waals surface area contributed by atoms with E-state index in [0.29, 0.717) is 54.1 Å². The third kappa shape index (κ3) is 3.66. The molecule has 1 fully saturated rings. The number of carbonyl (C=O) groups excluding carboxylic acids is 1. The smallest absolute Gasteiger partial charge is 0.416 e. The van der Waals surface area contributed by atoms with Crippen LogP contribution in [-0.4, -0.2) is 45.4 Å². The summed E-state index contributed by atoms with van der Waals surface area (Å²) in [5, 5.41) is 17.7. The van der Waals surface area contributed by atoms with Crippen molar-refractivity contribution in [2.75, 3.05) is 13.2 Å². The summed E-state index contributed by atoms with van der Waals surface area (Å²) in [6.45, 7) is 2.89. The molecule has 9 heteroatoms. The number of phenolic OH excluding ortho intramolecular Hbond substituents is 1. The number of phenols is 1. The minimum absolute atomic E-state index is 0.0121. The first-order chi connectivity index (χ1) is 15.8. The fourth-order valence-corrected chi connectivity index (χ4v) is 4.73. The number of aromatic hydroxyl groups is 1. The van der Waals surface area contributed by atoms with E-state index in [9.17, 15) is 23.1 Å². The molecule has 2 aliphatic rings. The van der Waals surface area contributed by atoms with Crippen molar-refractivity contribution in [1.82, 2.24) is 15.1 Å². The SMILES string of the molecule is Cc1ccc(O)c(-c2n[nH]c3c2C(c2ccc(C(F)(F)F)cc2)N(C2CCOCC2)C3=O)c1. The summed E-state index contributed by atoms with van der Waals surface area (Å²) in [7, 11) is 0. The number of amides is 1. The standard InChI is InChI=1S/C24H22F3N3O3/c1-13-2-7-18(31)17(12-13)20-19-21(29-28-20)23(32)30(16-8-10-33-11-9-16)22(19)14-3-5-15(6-4-14)24(25,26)27/h2-7,12,16,22,31H,8-11H2,1H3,(H,28,29). The second kappa shape index (κ2) is 7.91. The molecule has 3 heterocycles. The highest BCUT2D eigenvalue weighted by molar-refractivity contribution is 6.00. The van der Waals surface area contributed by atoms with Gasteiger partial charge in [0, 0.05) is 30.4 Å². The Hall–Kier alpha value is -3.33. The lowest BCUT2D eigenvalue weighted by Crippen LogP contribution is -2.42. The van der Waals surface area contributed by atoms with Gasteiger partial charge in [0.1, 0.15) is 17.1 Å². The maximum atomic E-state index is 13.5. The van der Waals surface area contributed by atoms with Gasteiger partial charge in [0.15, 0.2) is 0 Å². The molecule has 2 N–H and O–H groups in total. The molecule has 2 aromatic carbocycles. The lowest BCUT2D eigenvalue weighted by atomic mass is 9.93. The summed E-state index contributed by atoms with van der Waals surface area (Å²) in [6.07, 6.45) is -3.19. The van der Waals surface area contributed by atoms with Crippen LogP contribution in [0.15, 0.2) is 42.5 Å². The Balaban J connectivity index is 1.66. The fourth-order valence-electron chi connectivity index (χ4n) is 4.73. The number of aromatic nitrogens is 2. The number of alkyl halides is 3. The fraction of sp³-hybridized carbons (Fsp3) is 0.333. The Kier molecular flexibility index (Phi) is 5.16. The zero-order chi connectivity index (χ0) is 23.3. The van der Waals surface area contributed by atoms with Crippen LogP contribution in [0.25, 0.3) is 11.3 Å². The van der Waals surface area contributed by atoms with E-state index in [-0.39, 0.29) is 17.7 Å². The molecule has 1 amide bonds. The van der Waals surface area contributed by atoms with Crippen molar-refractivity contribution in [3.63, 3.8) is 0 Å². The molecule has 0 bridgehead atoms. The molecule has 0 radical (unpaired) electrons. The number of H-pyrrole nitrogens is 1. The molecular weight excluding hydrogens is 435 g/mol. The summed E-state index contributed by atoms with van der Waals surface area (Å²) in [5.74, 6) is -0.245. The molecule has 0 spiro atoms. The van der Waals surface area contributed by atoms with Crippen LogP contribution in [0.4, 0.5) is 13.2 Å². The van der Waals surface area contributed by atoms with Gasteiger partial charge in [0.05, 0.1) is 11.6 Å². The third-order valence-corrected chi connectivity index (χ3v) is 6.35. The molecule has 33 heavy (non-hydrogen) atoms. The zero-order valence-electron chi connectivity index (χ0n) is 17.8. The highest BCUT2D eigenvalue weighted by Crippen LogP contribution is 2.46. The van der Waals surface area contributed by atoms with Gasteiger partial charge in [-0.2, -0.15) is 18.3 Å². The van der Waals surface area contributed by atoms with E-state index < -0.39 is 17.8 Å². The second-order valence-corrected chi connectivity index (χ2v) is 8.46. The van der Waals surface area contributed by atoms with Gasteiger partial charge in [-0.05, 0) is 49.6 Å². The first kappa shape index (κ1) is 21.5. The van der Waals surface area contributed by atoms with Gasteiger partial charge in [-0.25, -0.2) is 0 Å². The number of nitrogens with one attached hydrogen (secondary N) is 1. The van der Waals surface area contributed by atoms with E-state index in [0.717, 1.165) is 17.7 Å². The van der Waals surface area contributed by atoms with E-state index in [2.05, 4.69) is 10.2 Å². The highest BCUT2D eigenvalue weighted by Gasteiger charge is 2.46. The number of benzene rings is 2. The predicted molar refractivity (Wildman–Crippen MR) is 114 cm³/mol. The van der Waals surface area contributed by atoms with Gasteiger partial charge in [-0.3, -0.25) is 9.89 Å². The van der Waals surface area contributed by atoms with Crippen molar-refractivity contribution in [3.05, 3.63) is 70.4 Å². The molecule has 1 aromatic heterocycles. The lowest BCUT2D eigenvalue weighted by Gasteiger charge is -2.36. The van der Waals surface area contributed by atoms with Gasteiger partial charge < -0.3 is 14.7 Å². The maximum absolute atomic E-state index is 13.5. The van der Waals surface area contributed by atoms with Crippen LogP contribution in [0.1, 0.15) is 51.6 Å². The van der Waals surface area contributed by atoms with Crippen LogP contribution in [0.2, 0.25) is 0 Å². The number of carbonyl (C=O) groups is 1.